The topological polar surface area (TPSA) is 51.8 Å². The molecule has 11 aromatic rings. The molecule has 0 saturated carbocycles. The number of para-hydroxylation sites is 1. The Balaban J connectivity index is 1.04. The highest BCUT2D eigenvalue weighted by Crippen LogP contribution is 2.46. The molecule has 0 radical (unpaired) electrons. The summed E-state index contributed by atoms with van der Waals surface area (Å²) in [7, 11) is 0. The molecular weight excluding hydrogens is 703 g/mol. The lowest BCUT2D eigenvalue weighted by Crippen LogP contribution is -1.96. The fraction of sp³-hybridized carbons (Fsp3) is 0. The van der Waals surface area contributed by atoms with Crippen molar-refractivity contribution in [1.82, 2.24) is 15.0 Å². The summed E-state index contributed by atoms with van der Waals surface area (Å²) in [6.07, 6.45) is 1.82. The van der Waals surface area contributed by atoms with E-state index in [-0.39, 0.29) is 0 Å². The van der Waals surface area contributed by atoms with Gasteiger partial charge in [-0.15, -0.1) is 11.3 Å². The molecule has 7 aromatic carbocycles. The zero-order valence-corrected chi connectivity index (χ0v) is 30.9. The van der Waals surface area contributed by atoms with E-state index in [1.807, 2.05) is 60.0 Å². The van der Waals surface area contributed by atoms with Crippen LogP contribution in [0.2, 0.25) is 0 Å². The summed E-state index contributed by atoms with van der Waals surface area (Å²) in [5, 5.41) is 4.77. The summed E-state index contributed by atoms with van der Waals surface area (Å²) in [6, 6.07) is 63.5. The average molecular weight is 734 g/mol. The fourth-order valence-electron chi connectivity index (χ4n) is 7.89. The first kappa shape index (κ1) is 32.2. The molecule has 262 valence electrons. The fourth-order valence-corrected chi connectivity index (χ4v) is 9.12. The van der Waals surface area contributed by atoms with Gasteiger partial charge in [-0.3, -0.25) is 4.98 Å². The highest BCUT2D eigenvalue weighted by molar-refractivity contribution is 7.26. The Hall–Kier alpha value is -7.21. The van der Waals surface area contributed by atoms with Crippen molar-refractivity contribution in [1.29, 1.82) is 0 Å². The van der Waals surface area contributed by atoms with E-state index in [9.17, 15) is 0 Å². The van der Waals surface area contributed by atoms with Crippen LogP contribution >= 0.6 is 11.3 Å². The van der Waals surface area contributed by atoms with Gasteiger partial charge < -0.3 is 4.42 Å². The number of pyridine rings is 1. The molecule has 0 spiro atoms. The van der Waals surface area contributed by atoms with Crippen LogP contribution in [0.1, 0.15) is 0 Å². The molecular formula is C51H31N3OS. The largest absolute Gasteiger partial charge is 0.455 e. The van der Waals surface area contributed by atoms with Gasteiger partial charge in [0.05, 0.1) is 17.1 Å². The van der Waals surface area contributed by atoms with Crippen molar-refractivity contribution in [2.45, 2.75) is 0 Å². The maximum absolute atomic E-state index is 6.74. The van der Waals surface area contributed by atoms with Crippen LogP contribution in [0.25, 0.3) is 110 Å². The molecule has 56 heavy (non-hydrogen) atoms. The molecule has 0 aliphatic heterocycles. The van der Waals surface area contributed by atoms with E-state index in [1.54, 1.807) is 0 Å². The first-order chi connectivity index (χ1) is 27.7. The molecule has 0 bridgehead atoms. The van der Waals surface area contributed by atoms with Crippen LogP contribution in [0.3, 0.4) is 0 Å². The summed E-state index contributed by atoms with van der Waals surface area (Å²) >= 11 is 1.84. The lowest BCUT2D eigenvalue weighted by Gasteiger charge is -2.12. The van der Waals surface area contributed by atoms with Crippen molar-refractivity contribution in [3.63, 3.8) is 0 Å². The van der Waals surface area contributed by atoms with Gasteiger partial charge in [-0.1, -0.05) is 140 Å². The average Bonchev–Trinajstić information content (AvgIpc) is 3.86. The van der Waals surface area contributed by atoms with Gasteiger partial charge in [0.1, 0.15) is 11.2 Å². The first-order valence-corrected chi connectivity index (χ1v) is 19.5. The smallest absolute Gasteiger partial charge is 0.160 e. The maximum atomic E-state index is 6.74. The van der Waals surface area contributed by atoms with Gasteiger partial charge in [0.2, 0.25) is 0 Å². The third kappa shape index (κ3) is 5.48. The molecule has 11 rings (SSSR count). The summed E-state index contributed by atoms with van der Waals surface area (Å²) in [5.41, 5.74) is 12.9. The zero-order chi connectivity index (χ0) is 37.0. The van der Waals surface area contributed by atoms with Gasteiger partial charge in [-0.25, -0.2) is 9.97 Å². The van der Waals surface area contributed by atoms with Crippen molar-refractivity contribution >= 4 is 53.4 Å². The Morgan fingerprint density at radius 3 is 1.91 bits per heavy atom. The van der Waals surface area contributed by atoms with E-state index in [2.05, 4.69) is 145 Å². The Morgan fingerprint density at radius 1 is 0.411 bits per heavy atom. The van der Waals surface area contributed by atoms with Gasteiger partial charge in [-0.05, 0) is 53.6 Å². The molecule has 4 heterocycles. The van der Waals surface area contributed by atoms with Gasteiger partial charge >= 0.3 is 0 Å². The number of furan rings is 1. The number of nitrogens with zero attached hydrogens (tertiary/aromatic N) is 3. The molecule has 0 fully saturated rings. The highest BCUT2D eigenvalue weighted by Gasteiger charge is 2.20. The highest BCUT2D eigenvalue weighted by atomic mass is 32.1. The minimum atomic E-state index is 0.668. The van der Waals surface area contributed by atoms with Crippen molar-refractivity contribution in [3.05, 3.63) is 188 Å². The lowest BCUT2D eigenvalue weighted by molar-refractivity contribution is 0.670. The summed E-state index contributed by atoms with van der Waals surface area (Å²) in [6.45, 7) is 0. The lowest BCUT2D eigenvalue weighted by atomic mass is 9.93. The predicted octanol–water partition coefficient (Wildman–Crippen LogP) is 14.1. The Labute approximate surface area is 327 Å². The van der Waals surface area contributed by atoms with E-state index in [4.69, 9.17) is 14.4 Å². The molecule has 4 nitrogen and oxygen atoms in total. The minimum Gasteiger partial charge on any atom is -0.455 e. The third-order valence-corrected chi connectivity index (χ3v) is 11.8. The quantitative estimate of drug-likeness (QED) is 0.171. The Kier molecular flexibility index (Phi) is 7.64. The van der Waals surface area contributed by atoms with E-state index >= 15 is 0 Å². The van der Waals surface area contributed by atoms with Crippen molar-refractivity contribution < 1.29 is 4.42 Å². The standard InChI is InChI=1S/C51H31N3OS/c1-2-12-33(13-3-1)44-31-45(36-15-10-14-35(30-36)43-20-8-9-29-52-43)54-51(53-44)34-25-23-32(24-26-34)37-27-28-39(49-48(37)42-17-4-6-21-46(42)55-49)41-19-11-18-40-38-16-5-7-22-47(38)56-50(40)41/h1-31H. The van der Waals surface area contributed by atoms with Crippen LogP contribution in [-0.4, -0.2) is 15.0 Å². The van der Waals surface area contributed by atoms with Gasteiger partial charge in [-0.2, -0.15) is 0 Å². The van der Waals surface area contributed by atoms with E-state index in [0.717, 1.165) is 78.0 Å². The van der Waals surface area contributed by atoms with E-state index < -0.39 is 0 Å². The second-order valence-electron chi connectivity index (χ2n) is 13.9. The van der Waals surface area contributed by atoms with E-state index in [1.165, 1.54) is 25.7 Å². The molecule has 5 heteroatoms. The van der Waals surface area contributed by atoms with Crippen LogP contribution < -0.4 is 0 Å². The molecule has 0 unspecified atom stereocenters. The number of hydrogen-bond donors (Lipinski definition) is 0. The number of hydrogen-bond acceptors (Lipinski definition) is 5. The summed E-state index contributed by atoms with van der Waals surface area (Å²) < 4.78 is 9.30. The Bertz CT molecular complexity index is 3240. The summed E-state index contributed by atoms with van der Waals surface area (Å²) in [4.78, 5) is 14.9. The second-order valence-corrected chi connectivity index (χ2v) is 15.0. The van der Waals surface area contributed by atoms with Crippen LogP contribution in [0.5, 0.6) is 0 Å². The monoisotopic (exact) mass is 733 g/mol. The Morgan fingerprint density at radius 2 is 1.07 bits per heavy atom. The first-order valence-electron chi connectivity index (χ1n) is 18.7. The number of aromatic nitrogens is 3. The van der Waals surface area contributed by atoms with Crippen LogP contribution in [0.15, 0.2) is 193 Å². The summed E-state index contributed by atoms with van der Waals surface area (Å²) in [5.74, 6) is 0.668. The molecule has 0 atom stereocenters. The van der Waals surface area contributed by atoms with Gasteiger partial charge in [0.25, 0.3) is 0 Å². The minimum absolute atomic E-state index is 0.668. The van der Waals surface area contributed by atoms with Crippen LogP contribution in [0.4, 0.5) is 0 Å². The van der Waals surface area contributed by atoms with Gasteiger partial charge in [0, 0.05) is 70.5 Å². The predicted molar refractivity (Wildman–Crippen MR) is 233 cm³/mol. The molecule has 0 N–H and O–H groups in total. The molecule has 0 aliphatic carbocycles. The van der Waals surface area contributed by atoms with Gasteiger partial charge in [0.15, 0.2) is 5.82 Å². The molecule has 0 amide bonds. The van der Waals surface area contributed by atoms with Crippen molar-refractivity contribution in [2.75, 3.05) is 0 Å². The maximum Gasteiger partial charge on any atom is 0.160 e. The van der Waals surface area contributed by atoms with Crippen LogP contribution in [0, 0.1) is 0 Å². The molecule has 4 aromatic heterocycles. The zero-order valence-electron chi connectivity index (χ0n) is 30.1. The number of rotatable bonds is 6. The third-order valence-electron chi connectivity index (χ3n) is 10.6. The van der Waals surface area contributed by atoms with Crippen molar-refractivity contribution in [2.24, 2.45) is 0 Å². The van der Waals surface area contributed by atoms with Crippen molar-refractivity contribution in [3.8, 4) is 67.4 Å². The van der Waals surface area contributed by atoms with E-state index in [0.29, 0.717) is 5.82 Å². The number of benzene rings is 7. The number of thiophene rings is 1. The number of fused-ring (bicyclic) bond motifs is 6. The normalized spacial score (nSPS) is 11.6. The van der Waals surface area contributed by atoms with Crippen LogP contribution in [-0.2, 0) is 0 Å². The second kappa shape index (κ2) is 13.3. The molecule has 0 aliphatic rings. The SMILES string of the molecule is c1ccc(-c2cc(-c3cccc(-c4ccccn4)c3)nc(-c3ccc(-c4ccc(-c5cccc6c5sc5ccccc56)c5oc6ccccc6c45)cc3)n2)cc1. The molecule has 0 saturated heterocycles.